The van der Waals surface area contributed by atoms with Crippen LogP contribution in [0.15, 0.2) is 0 Å². The van der Waals surface area contributed by atoms with E-state index in [1.54, 1.807) is 0 Å². The number of rotatable bonds is 4. The van der Waals surface area contributed by atoms with Crippen LogP contribution in [0.3, 0.4) is 0 Å². The van der Waals surface area contributed by atoms with Gasteiger partial charge in [-0.15, -0.1) is 0 Å². The van der Waals surface area contributed by atoms with Crippen molar-refractivity contribution < 1.29 is 0 Å². The van der Waals surface area contributed by atoms with E-state index in [4.69, 9.17) is 16.7 Å². The molecule has 2 aliphatic rings. The van der Waals surface area contributed by atoms with Crippen LogP contribution in [0.2, 0.25) is 5.02 Å². The van der Waals surface area contributed by atoms with E-state index in [2.05, 4.69) is 28.7 Å². The monoisotopic (exact) mass is 312 g/mol. The van der Waals surface area contributed by atoms with Crippen LogP contribution < -0.4 is 5.32 Å². The van der Waals surface area contributed by atoms with Crippen molar-refractivity contribution >= 4 is 11.6 Å². The van der Waals surface area contributed by atoms with Crippen LogP contribution in [-0.2, 0) is 19.6 Å². The first-order valence-electron chi connectivity index (χ1n) is 8.36. The summed E-state index contributed by atoms with van der Waals surface area (Å²) in [6.07, 6.45) is 3.75. The normalized spacial score (nSPS) is 19.0. The maximum absolute atomic E-state index is 6.54. The van der Waals surface area contributed by atoms with Gasteiger partial charge in [-0.2, -0.15) is 5.10 Å². The number of hydrogen-bond donors (Lipinski definition) is 1. The summed E-state index contributed by atoms with van der Waals surface area (Å²) in [5, 5.41) is 9.07. The first kappa shape index (κ1) is 16.8. The molecule has 2 heterocycles. The summed E-state index contributed by atoms with van der Waals surface area (Å²) >= 11 is 6.54. The van der Waals surface area contributed by atoms with Gasteiger partial charge in [0, 0.05) is 38.3 Å². The largest absolute Gasteiger partial charge is 0.308 e. The fourth-order valence-electron chi connectivity index (χ4n) is 2.64. The molecule has 0 radical (unpaired) electrons. The Morgan fingerprint density at radius 3 is 2.62 bits per heavy atom. The van der Waals surface area contributed by atoms with Gasteiger partial charge in [-0.3, -0.25) is 9.58 Å². The van der Waals surface area contributed by atoms with Gasteiger partial charge in [-0.05, 0) is 33.1 Å². The minimum atomic E-state index is 0.561. The number of aromatic nitrogens is 2. The van der Waals surface area contributed by atoms with E-state index in [9.17, 15) is 0 Å². The Kier molecular flexibility index (Phi) is 6.08. The molecular weight excluding hydrogens is 284 g/mol. The maximum Gasteiger partial charge on any atom is 0.0952 e. The molecule has 0 spiro atoms. The van der Waals surface area contributed by atoms with Crippen molar-refractivity contribution in [2.45, 2.75) is 78.7 Å². The lowest BCUT2D eigenvalue weighted by Gasteiger charge is -2.23. The first-order chi connectivity index (χ1) is 10.1. The van der Waals surface area contributed by atoms with E-state index in [0.717, 1.165) is 43.3 Å². The van der Waals surface area contributed by atoms with Crippen LogP contribution in [0.25, 0.3) is 0 Å². The summed E-state index contributed by atoms with van der Waals surface area (Å²) in [5.41, 5.74) is 2.22. The third-order valence-corrected chi connectivity index (χ3v) is 4.53. The molecule has 1 aromatic heterocycles. The molecular formula is C16H29ClN4. The summed E-state index contributed by atoms with van der Waals surface area (Å²) in [7, 11) is 0. The quantitative estimate of drug-likeness (QED) is 0.924. The zero-order chi connectivity index (χ0) is 15.4. The van der Waals surface area contributed by atoms with Crippen molar-refractivity contribution in [2.75, 3.05) is 6.54 Å². The average molecular weight is 313 g/mol. The Morgan fingerprint density at radius 2 is 2.00 bits per heavy atom. The molecule has 1 aliphatic heterocycles. The molecule has 0 saturated heterocycles. The average Bonchev–Trinajstić information content (AvgIpc) is 3.28. The second-order valence-corrected chi connectivity index (χ2v) is 6.38. The lowest BCUT2D eigenvalue weighted by Crippen LogP contribution is -2.30. The van der Waals surface area contributed by atoms with E-state index in [0.29, 0.717) is 12.1 Å². The topological polar surface area (TPSA) is 33.1 Å². The molecule has 0 aromatic carbocycles. The van der Waals surface area contributed by atoms with Gasteiger partial charge in [-0.25, -0.2) is 0 Å². The van der Waals surface area contributed by atoms with Crippen LogP contribution in [0, 0.1) is 0 Å². The maximum atomic E-state index is 6.54. The fraction of sp³-hybridized carbons (Fsp3) is 0.812. The second-order valence-electron chi connectivity index (χ2n) is 6.00. The summed E-state index contributed by atoms with van der Waals surface area (Å²) in [6, 6.07) is 1.26. The van der Waals surface area contributed by atoms with Crippen LogP contribution in [0.5, 0.6) is 0 Å². The van der Waals surface area contributed by atoms with Gasteiger partial charge in [0.2, 0.25) is 0 Å². The lowest BCUT2D eigenvalue weighted by atomic mass is 10.2. The standard InChI is InChI=1S/C14H23ClN4.C2H6/c1-10(2)18-6-3-7-19-13(9-18)14(15)12(17-19)8-16-11-4-5-11;1-2/h10-11,16H,3-9H2,1-2H3;1-2H3. The number of halogens is 1. The molecule has 5 heteroatoms. The SMILES string of the molecule is CC.CC(C)N1CCCn2nc(CNC3CC3)c(Cl)c2C1. The van der Waals surface area contributed by atoms with Gasteiger partial charge in [0.15, 0.2) is 0 Å². The minimum absolute atomic E-state index is 0.561. The van der Waals surface area contributed by atoms with Crippen molar-refractivity contribution in [3.8, 4) is 0 Å². The van der Waals surface area contributed by atoms with Gasteiger partial charge >= 0.3 is 0 Å². The Bertz CT molecular complexity index is 451. The summed E-state index contributed by atoms with van der Waals surface area (Å²) in [6.45, 7) is 12.3. The third kappa shape index (κ3) is 4.21. The molecule has 1 N–H and O–H groups in total. The Morgan fingerprint density at radius 1 is 1.29 bits per heavy atom. The number of nitrogens with one attached hydrogen (secondary N) is 1. The molecule has 1 aliphatic carbocycles. The highest BCUT2D eigenvalue weighted by Gasteiger charge is 2.25. The van der Waals surface area contributed by atoms with E-state index in [1.165, 1.54) is 18.5 Å². The van der Waals surface area contributed by atoms with Crippen LogP contribution in [0.1, 0.15) is 58.3 Å². The Hall–Kier alpha value is -0.580. The number of aryl methyl sites for hydroxylation is 1. The predicted octanol–water partition coefficient (Wildman–Crippen LogP) is 3.43. The van der Waals surface area contributed by atoms with Gasteiger partial charge in [0.05, 0.1) is 16.4 Å². The summed E-state index contributed by atoms with van der Waals surface area (Å²) in [4.78, 5) is 2.48. The van der Waals surface area contributed by atoms with Gasteiger partial charge < -0.3 is 5.32 Å². The second kappa shape index (κ2) is 7.61. The van der Waals surface area contributed by atoms with Gasteiger partial charge in [0.25, 0.3) is 0 Å². The molecule has 0 bridgehead atoms. The molecule has 4 nitrogen and oxygen atoms in total. The fourth-order valence-corrected chi connectivity index (χ4v) is 2.90. The van der Waals surface area contributed by atoms with Gasteiger partial charge in [-0.1, -0.05) is 25.4 Å². The van der Waals surface area contributed by atoms with Crippen molar-refractivity contribution in [3.05, 3.63) is 16.4 Å². The number of fused-ring (bicyclic) bond motifs is 1. The Labute approximate surface area is 133 Å². The molecule has 3 rings (SSSR count). The molecule has 21 heavy (non-hydrogen) atoms. The highest BCUT2D eigenvalue weighted by atomic mass is 35.5. The van der Waals surface area contributed by atoms with E-state index >= 15 is 0 Å². The predicted molar refractivity (Wildman–Crippen MR) is 88.6 cm³/mol. The molecule has 1 aromatic rings. The van der Waals surface area contributed by atoms with Crippen LogP contribution >= 0.6 is 11.6 Å². The van der Waals surface area contributed by atoms with Crippen molar-refractivity contribution in [1.82, 2.24) is 20.0 Å². The van der Waals surface area contributed by atoms with E-state index < -0.39 is 0 Å². The smallest absolute Gasteiger partial charge is 0.0952 e. The highest BCUT2D eigenvalue weighted by Crippen LogP contribution is 2.27. The number of hydrogen-bond acceptors (Lipinski definition) is 3. The first-order valence-corrected chi connectivity index (χ1v) is 8.74. The molecule has 1 saturated carbocycles. The zero-order valence-corrected chi connectivity index (χ0v) is 14.6. The number of nitrogens with zero attached hydrogens (tertiary/aromatic N) is 3. The molecule has 0 atom stereocenters. The highest BCUT2D eigenvalue weighted by molar-refractivity contribution is 6.31. The molecule has 1 fully saturated rings. The molecule has 0 unspecified atom stereocenters. The molecule has 0 amide bonds. The van der Waals surface area contributed by atoms with Crippen LogP contribution in [0.4, 0.5) is 0 Å². The minimum Gasteiger partial charge on any atom is -0.308 e. The van der Waals surface area contributed by atoms with Gasteiger partial charge in [0.1, 0.15) is 0 Å². The van der Waals surface area contributed by atoms with E-state index in [1.807, 2.05) is 13.8 Å². The summed E-state index contributed by atoms with van der Waals surface area (Å²) in [5.74, 6) is 0. The van der Waals surface area contributed by atoms with Crippen molar-refractivity contribution in [2.24, 2.45) is 0 Å². The summed E-state index contributed by atoms with van der Waals surface area (Å²) < 4.78 is 2.12. The Balaban J connectivity index is 0.000000774. The zero-order valence-electron chi connectivity index (χ0n) is 13.8. The lowest BCUT2D eigenvalue weighted by molar-refractivity contribution is 0.216. The third-order valence-electron chi connectivity index (χ3n) is 4.09. The van der Waals surface area contributed by atoms with E-state index in [-0.39, 0.29) is 0 Å². The van der Waals surface area contributed by atoms with Crippen molar-refractivity contribution in [1.29, 1.82) is 0 Å². The van der Waals surface area contributed by atoms with Crippen LogP contribution in [-0.4, -0.2) is 33.3 Å². The molecule has 120 valence electrons. The van der Waals surface area contributed by atoms with Crippen molar-refractivity contribution in [3.63, 3.8) is 0 Å².